The van der Waals surface area contributed by atoms with Gasteiger partial charge in [-0.1, -0.05) is 42.0 Å². The highest BCUT2D eigenvalue weighted by molar-refractivity contribution is 5.97. The molecule has 0 saturated carbocycles. The molecule has 0 radical (unpaired) electrons. The lowest BCUT2D eigenvalue weighted by atomic mass is 10.1. The summed E-state index contributed by atoms with van der Waals surface area (Å²) in [7, 11) is 0. The summed E-state index contributed by atoms with van der Waals surface area (Å²) >= 11 is 0. The van der Waals surface area contributed by atoms with Gasteiger partial charge in [-0.05, 0) is 37.1 Å². The Bertz CT molecular complexity index is 1000. The molecule has 1 atom stereocenters. The first-order valence-corrected chi connectivity index (χ1v) is 9.14. The van der Waals surface area contributed by atoms with Gasteiger partial charge in [-0.3, -0.25) is 9.59 Å². The van der Waals surface area contributed by atoms with Crippen LogP contribution >= 0.6 is 0 Å². The summed E-state index contributed by atoms with van der Waals surface area (Å²) in [4.78, 5) is 32.7. The quantitative estimate of drug-likeness (QED) is 0.674. The van der Waals surface area contributed by atoms with Crippen LogP contribution < -0.4 is 10.6 Å². The molecule has 7 heteroatoms. The first kappa shape index (κ1) is 20.1. The smallest absolute Gasteiger partial charge is 0.270 e. The average molecular weight is 392 g/mol. The van der Waals surface area contributed by atoms with Gasteiger partial charge in [0.15, 0.2) is 0 Å². The first-order chi connectivity index (χ1) is 13.9. The number of nitrogens with zero attached hydrogens (tertiary/aromatic N) is 2. The first-order valence-electron chi connectivity index (χ1n) is 9.14. The Morgan fingerprint density at radius 1 is 0.966 bits per heavy atom. The SMILES string of the molecule is Cc1ccc([C@H](C)NC(=O)c2cc(C(=O)NCc3ccc(F)cc3)ncn2)cc1. The molecule has 1 heterocycles. The highest BCUT2D eigenvalue weighted by atomic mass is 19.1. The third kappa shape index (κ3) is 5.44. The van der Waals surface area contributed by atoms with E-state index in [-0.39, 0.29) is 29.8 Å². The predicted molar refractivity (Wildman–Crippen MR) is 107 cm³/mol. The molecule has 0 aliphatic carbocycles. The van der Waals surface area contributed by atoms with E-state index in [1.807, 2.05) is 38.1 Å². The number of aromatic nitrogens is 2. The number of amides is 2. The van der Waals surface area contributed by atoms with E-state index in [1.54, 1.807) is 12.1 Å². The van der Waals surface area contributed by atoms with Crippen LogP contribution in [0.5, 0.6) is 0 Å². The number of rotatable bonds is 6. The van der Waals surface area contributed by atoms with Crippen LogP contribution in [0.3, 0.4) is 0 Å². The minimum atomic E-state index is -0.447. The molecule has 0 unspecified atom stereocenters. The molecular formula is C22H21FN4O2. The van der Waals surface area contributed by atoms with Crippen LogP contribution in [0.25, 0.3) is 0 Å². The summed E-state index contributed by atoms with van der Waals surface area (Å²) in [5, 5.41) is 5.55. The number of nitrogens with one attached hydrogen (secondary N) is 2. The van der Waals surface area contributed by atoms with E-state index in [0.29, 0.717) is 0 Å². The molecule has 29 heavy (non-hydrogen) atoms. The summed E-state index contributed by atoms with van der Waals surface area (Å²) in [6, 6.07) is 14.8. The van der Waals surface area contributed by atoms with Crippen molar-refractivity contribution in [3.05, 3.63) is 94.8 Å². The molecule has 2 amide bonds. The molecule has 148 valence electrons. The molecule has 2 N–H and O–H groups in total. The topological polar surface area (TPSA) is 84.0 Å². The van der Waals surface area contributed by atoms with Crippen molar-refractivity contribution in [2.75, 3.05) is 0 Å². The monoisotopic (exact) mass is 392 g/mol. The normalized spacial score (nSPS) is 11.6. The summed E-state index contributed by atoms with van der Waals surface area (Å²) in [6.45, 7) is 4.09. The van der Waals surface area contributed by atoms with Crippen molar-refractivity contribution in [2.45, 2.75) is 26.4 Å². The molecule has 6 nitrogen and oxygen atoms in total. The molecule has 0 saturated heterocycles. The number of benzene rings is 2. The van der Waals surface area contributed by atoms with Crippen LogP contribution in [-0.4, -0.2) is 21.8 Å². The Hall–Kier alpha value is -3.61. The van der Waals surface area contributed by atoms with Crippen molar-refractivity contribution in [1.82, 2.24) is 20.6 Å². The van der Waals surface area contributed by atoms with Crippen molar-refractivity contribution in [3.63, 3.8) is 0 Å². The molecule has 3 aromatic rings. The van der Waals surface area contributed by atoms with Gasteiger partial charge in [-0.2, -0.15) is 0 Å². The van der Waals surface area contributed by atoms with E-state index in [0.717, 1.165) is 16.7 Å². The highest BCUT2D eigenvalue weighted by Gasteiger charge is 2.16. The van der Waals surface area contributed by atoms with Crippen LogP contribution in [0.4, 0.5) is 4.39 Å². The van der Waals surface area contributed by atoms with Crippen LogP contribution in [0.2, 0.25) is 0 Å². The second kappa shape index (κ2) is 9.05. The Morgan fingerprint density at radius 3 is 2.24 bits per heavy atom. The average Bonchev–Trinajstić information content (AvgIpc) is 2.73. The van der Waals surface area contributed by atoms with Gasteiger partial charge in [0.1, 0.15) is 23.5 Å². The molecule has 0 aliphatic rings. The second-order valence-corrected chi connectivity index (χ2v) is 6.70. The maximum absolute atomic E-state index is 12.9. The fraction of sp³-hybridized carbons (Fsp3) is 0.182. The largest absolute Gasteiger partial charge is 0.347 e. The van der Waals surface area contributed by atoms with Crippen molar-refractivity contribution >= 4 is 11.8 Å². The molecule has 0 bridgehead atoms. The number of carbonyl (C=O) groups is 2. The Labute approximate surface area is 168 Å². The molecule has 3 rings (SSSR count). The van der Waals surface area contributed by atoms with Crippen LogP contribution in [0.1, 0.15) is 50.6 Å². The molecular weight excluding hydrogens is 371 g/mol. The van der Waals surface area contributed by atoms with Crippen LogP contribution in [0, 0.1) is 12.7 Å². The number of carbonyl (C=O) groups excluding carboxylic acids is 2. The third-order valence-corrected chi connectivity index (χ3v) is 4.42. The van der Waals surface area contributed by atoms with Gasteiger partial charge in [-0.25, -0.2) is 14.4 Å². The third-order valence-electron chi connectivity index (χ3n) is 4.42. The van der Waals surface area contributed by atoms with Gasteiger partial charge in [0, 0.05) is 12.6 Å². The number of hydrogen-bond acceptors (Lipinski definition) is 4. The molecule has 2 aromatic carbocycles. The van der Waals surface area contributed by atoms with E-state index in [9.17, 15) is 14.0 Å². The summed E-state index contributed by atoms with van der Waals surface area (Å²) < 4.78 is 12.9. The molecule has 0 spiro atoms. The van der Waals surface area contributed by atoms with Crippen molar-refractivity contribution < 1.29 is 14.0 Å². The zero-order chi connectivity index (χ0) is 20.8. The van der Waals surface area contributed by atoms with Gasteiger partial charge < -0.3 is 10.6 Å². The lowest BCUT2D eigenvalue weighted by Crippen LogP contribution is -2.29. The van der Waals surface area contributed by atoms with Crippen molar-refractivity contribution in [2.24, 2.45) is 0 Å². The number of hydrogen-bond donors (Lipinski definition) is 2. The van der Waals surface area contributed by atoms with E-state index in [4.69, 9.17) is 0 Å². The lowest BCUT2D eigenvalue weighted by molar-refractivity contribution is 0.0934. The highest BCUT2D eigenvalue weighted by Crippen LogP contribution is 2.14. The van der Waals surface area contributed by atoms with Gasteiger partial charge in [0.2, 0.25) is 0 Å². The maximum atomic E-state index is 12.9. The fourth-order valence-electron chi connectivity index (χ4n) is 2.69. The van der Waals surface area contributed by atoms with Crippen molar-refractivity contribution in [1.29, 1.82) is 0 Å². The zero-order valence-corrected chi connectivity index (χ0v) is 16.1. The van der Waals surface area contributed by atoms with Crippen molar-refractivity contribution in [3.8, 4) is 0 Å². The van der Waals surface area contributed by atoms with E-state index in [1.165, 1.54) is 24.5 Å². The zero-order valence-electron chi connectivity index (χ0n) is 16.1. The lowest BCUT2D eigenvalue weighted by Gasteiger charge is -2.14. The molecule has 0 aliphatic heterocycles. The number of aryl methyl sites for hydroxylation is 1. The van der Waals surface area contributed by atoms with Gasteiger partial charge in [0.25, 0.3) is 11.8 Å². The standard InChI is InChI=1S/C22H21FN4O2/c1-14-3-7-17(8-4-14)15(2)27-22(29)20-11-19(25-13-26-20)21(28)24-12-16-5-9-18(23)10-6-16/h3-11,13,15H,12H2,1-2H3,(H,24,28)(H,27,29)/t15-/m0/s1. The van der Waals surface area contributed by atoms with Gasteiger partial charge in [-0.15, -0.1) is 0 Å². The Kier molecular flexibility index (Phi) is 6.29. The summed E-state index contributed by atoms with van der Waals surface area (Å²) in [5.74, 6) is -1.18. The maximum Gasteiger partial charge on any atom is 0.270 e. The minimum absolute atomic E-state index is 0.0789. The summed E-state index contributed by atoms with van der Waals surface area (Å²) in [5.41, 5.74) is 3.04. The van der Waals surface area contributed by atoms with Gasteiger partial charge in [0.05, 0.1) is 6.04 Å². The van der Waals surface area contributed by atoms with E-state index < -0.39 is 11.8 Å². The summed E-state index contributed by atoms with van der Waals surface area (Å²) in [6.07, 6.45) is 1.18. The Balaban J connectivity index is 1.63. The van der Waals surface area contributed by atoms with Crippen LogP contribution in [-0.2, 0) is 6.54 Å². The van der Waals surface area contributed by atoms with E-state index >= 15 is 0 Å². The van der Waals surface area contributed by atoms with E-state index in [2.05, 4.69) is 20.6 Å². The number of halogens is 1. The Morgan fingerprint density at radius 2 is 1.59 bits per heavy atom. The minimum Gasteiger partial charge on any atom is -0.347 e. The van der Waals surface area contributed by atoms with Gasteiger partial charge >= 0.3 is 0 Å². The fourth-order valence-corrected chi connectivity index (χ4v) is 2.69. The molecule has 0 fully saturated rings. The predicted octanol–water partition coefficient (Wildman–Crippen LogP) is 3.35. The second-order valence-electron chi connectivity index (χ2n) is 6.70. The van der Waals surface area contributed by atoms with Crippen LogP contribution in [0.15, 0.2) is 60.9 Å². The molecule has 1 aromatic heterocycles.